The molecule has 1 saturated heterocycles. The summed E-state index contributed by atoms with van der Waals surface area (Å²) >= 11 is 11.3. The maximum Gasteiger partial charge on any atom is 0.269 e. The van der Waals surface area contributed by atoms with Gasteiger partial charge in [-0.25, -0.2) is 0 Å². The molecule has 3 aromatic rings. The van der Waals surface area contributed by atoms with Crippen molar-refractivity contribution >= 4 is 62.7 Å². The number of non-ortho nitro benzene ring substituents is 1. The van der Waals surface area contributed by atoms with Gasteiger partial charge in [0, 0.05) is 17.8 Å². The fraction of sp³-hybridized carbons (Fsp3) is 0.160. The van der Waals surface area contributed by atoms with Crippen LogP contribution in [0, 0.1) is 10.1 Å². The minimum absolute atomic E-state index is 0.00339. The number of ether oxygens (including phenoxy) is 1. The van der Waals surface area contributed by atoms with Gasteiger partial charge < -0.3 is 15.4 Å². The monoisotopic (exact) mass is 573 g/mol. The summed E-state index contributed by atoms with van der Waals surface area (Å²) in [5.74, 6) is 0.245. The number of aryl methyl sites for hydroxylation is 1. The van der Waals surface area contributed by atoms with E-state index < -0.39 is 4.92 Å². The Morgan fingerprint density at radius 2 is 1.97 bits per heavy atom. The molecule has 0 unspecified atom stereocenters. The van der Waals surface area contributed by atoms with Gasteiger partial charge in [-0.05, 0) is 69.4 Å². The first-order valence-corrected chi connectivity index (χ1v) is 12.8. The van der Waals surface area contributed by atoms with E-state index >= 15 is 0 Å². The Kier molecular flexibility index (Phi) is 8.00. The molecule has 3 aromatic carbocycles. The van der Waals surface area contributed by atoms with Gasteiger partial charge in [-0.15, -0.1) is 0 Å². The molecule has 180 valence electrons. The largest absolute Gasteiger partial charge is 0.486 e. The Hall–Kier alpha value is -3.01. The Morgan fingerprint density at radius 3 is 2.66 bits per heavy atom. The van der Waals surface area contributed by atoms with Crippen LogP contribution in [-0.4, -0.2) is 16.3 Å². The van der Waals surface area contributed by atoms with Crippen LogP contribution in [-0.2, 0) is 17.8 Å². The molecule has 0 aromatic heterocycles. The highest BCUT2D eigenvalue weighted by Gasteiger charge is 2.27. The number of benzene rings is 3. The first kappa shape index (κ1) is 25.1. The molecule has 1 atom stereocenters. The Balaban J connectivity index is 1.43. The summed E-state index contributed by atoms with van der Waals surface area (Å²) in [6.07, 6.45) is 2.74. The van der Waals surface area contributed by atoms with Gasteiger partial charge in [-0.1, -0.05) is 54.6 Å². The lowest BCUT2D eigenvalue weighted by atomic mass is 10.1. The van der Waals surface area contributed by atoms with E-state index in [0.29, 0.717) is 25.7 Å². The quantitative estimate of drug-likeness (QED) is 0.176. The first-order valence-electron chi connectivity index (χ1n) is 10.7. The Bertz CT molecular complexity index is 1280. The fourth-order valence-electron chi connectivity index (χ4n) is 3.42. The third-order valence-electron chi connectivity index (χ3n) is 5.21. The standard InChI is InChI=1S/C25H21BrClN3O4S/c1-2-15-6-8-18(9-7-15)28-25-29-24(31)22(35-25)13-17-11-20(26)23(21(27)12-17)34-14-16-4-3-5-19(10-16)30(32)33/h3-13,25,28H,2,14H2,1H3,(H,29,31)/b22-13-/t25-/m0/s1. The van der Waals surface area contributed by atoms with Gasteiger partial charge in [0.05, 0.1) is 19.3 Å². The van der Waals surface area contributed by atoms with E-state index in [9.17, 15) is 14.9 Å². The molecule has 0 bridgehead atoms. The molecule has 35 heavy (non-hydrogen) atoms. The SMILES string of the molecule is CCc1ccc(N[C@H]2NC(=O)/C(=C/c3cc(Cl)c(OCc4cccc([N+](=O)[O-])c4)c(Br)c3)S2)cc1. The van der Waals surface area contributed by atoms with Gasteiger partial charge in [0.15, 0.2) is 11.2 Å². The third kappa shape index (κ3) is 6.36. The Morgan fingerprint density at radius 1 is 1.20 bits per heavy atom. The number of amides is 1. The number of nitro benzene ring substituents is 1. The van der Waals surface area contributed by atoms with Crippen molar-refractivity contribution in [3.05, 3.63) is 102 Å². The average Bonchev–Trinajstić information content (AvgIpc) is 3.17. The minimum Gasteiger partial charge on any atom is -0.486 e. The zero-order valence-corrected chi connectivity index (χ0v) is 21.7. The van der Waals surface area contributed by atoms with Gasteiger partial charge in [-0.3, -0.25) is 14.9 Å². The van der Waals surface area contributed by atoms with Crippen LogP contribution in [0.5, 0.6) is 5.75 Å². The van der Waals surface area contributed by atoms with E-state index in [1.165, 1.54) is 29.5 Å². The van der Waals surface area contributed by atoms with Crippen molar-refractivity contribution in [1.82, 2.24) is 5.32 Å². The lowest BCUT2D eigenvalue weighted by Gasteiger charge is -2.13. The van der Waals surface area contributed by atoms with Crippen LogP contribution >= 0.6 is 39.3 Å². The van der Waals surface area contributed by atoms with Gasteiger partial charge in [0.2, 0.25) is 0 Å². The second kappa shape index (κ2) is 11.2. The van der Waals surface area contributed by atoms with Crippen LogP contribution < -0.4 is 15.4 Å². The number of rotatable bonds is 8. The number of hydrogen-bond acceptors (Lipinski definition) is 6. The number of nitrogens with zero attached hydrogens (tertiary/aromatic N) is 1. The zero-order valence-electron chi connectivity index (χ0n) is 18.6. The highest BCUT2D eigenvalue weighted by molar-refractivity contribution is 9.10. The third-order valence-corrected chi connectivity index (χ3v) is 7.11. The van der Waals surface area contributed by atoms with Crippen LogP contribution in [0.3, 0.4) is 0 Å². The first-order chi connectivity index (χ1) is 16.8. The number of anilines is 1. The topological polar surface area (TPSA) is 93.5 Å². The number of carbonyl (C=O) groups is 1. The highest BCUT2D eigenvalue weighted by atomic mass is 79.9. The smallest absolute Gasteiger partial charge is 0.269 e. The number of nitro groups is 1. The molecule has 0 aliphatic carbocycles. The Labute approximate surface area is 220 Å². The average molecular weight is 575 g/mol. The molecule has 0 spiro atoms. The molecule has 1 fully saturated rings. The summed E-state index contributed by atoms with van der Waals surface area (Å²) < 4.78 is 6.43. The summed E-state index contributed by atoms with van der Waals surface area (Å²) in [5.41, 5.74) is 3.27. The van der Waals surface area contributed by atoms with Crippen LogP contribution in [0.15, 0.2) is 70.0 Å². The summed E-state index contributed by atoms with van der Waals surface area (Å²) in [4.78, 5) is 23.6. The molecule has 7 nitrogen and oxygen atoms in total. The van der Waals surface area contributed by atoms with Crippen molar-refractivity contribution in [2.45, 2.75) is 25.4 Å². The molecule has 2 N–H and O–H groups in total. The maximum atomic E-state index is 12.5. The number of halogens is 2. The molecule has 1 heterocycles. The molecule has 0 radical (unpaired) electrons. The number of carbonyl (C=O) groups excluding carboxylic acids is 1. The summed E-state index contributed by atoms with van der Waals surface area (Å²) in [6, 6.07) is 17.9. The van der Waals surface area contributed by atoms with Crippen molar-refractivity contribution in [3.8, 4) is 5.75 Å². The van der Waals surface area contributed by atoms with Gasteiger partial charge >= 0.3 is 0 Å². The molecule has 1 aliphatic rings. The number of nitrogens with one attached hydrogen (secondary N) is 2. The van der Waals surface area contributed by atoms with E-state index in [4.69, 9.17) is 16.3 Å². The predicted molar refractivity (Wildman–Crippen MR) is 144 cm³/mol. The van der Waals surface area contributed by atoms with Gasteiger partial charge in [0.1, 0.15) is 6.61 Å². The lowest BCUT2D eigenvalue weighted by Crippen LogP contribution is -2.30. The van der Waals surface area contributed by atoms with Crippen LogP contribution in [0.4, 0.5) is 11.4 Å². The summed E-state index contributed by atoms with van der Waals surface area (Å²) in [6.45, 7) is 2.22. The maximum absolute atomic E-state index is 12.5. The molecule has 0 saturated carbocycles. The van der Waals surface area contributed by atoms with Crippen molar-refractivity contribution in [3.63, 3.8) is 0 Å². The van der Waals surface area contributed by atoms with E-state index in [-0.39, 0.29) is 23.7 Å². The van der Waals surface area contributed by atoms with E-state index in [1.807, 2.05) is 12.1 Å². The second-order valence-electron chi connectivity index (χ2n) is 7.70. The zero-order chi connectivity index (χ0) is 24.9. The molecular formula is C25H21BrClN3O4S. The van der Waals surface area contributed by atoms with Gasteiger partial charge in [-0.2, -0.15) is 0 Å². The van der Waals surface area contributed by atoms with Gasteiger partial charge in [0.25, 0.3) is 11.6 Å². The predicted octanol–water partition coefficient (Wildman–Crippen LogP) is 6.75. The lowest BCUT2D eigenvalue weighted by molar-refractivity contribution is -0.384. The number of thioether (sulfide) groups is 1. The van der Waals surface area contributed by atoms with Crippen LogP contribution in [0.1, 0.15) is 23.6 Å². The van der Waals surface area contributed by atoms with E-state index in [0.717, 1.165) is 17.7 Å². The van der Waals surface area contributed by atoms with E-state index in [1.54, 1.807) is 30.3 Å². The second-order valence-corrected chi connectivity index (χ2v) is 10.1. The normalized spacial score (nSPS) is 16.3. The van der Waals surface area contributed by atoms with Crippen LogP contribution in [0.25, 0.3) is 6.08 Å². The molecular weight excluding hydrogens is 554 g/mol. The van der Waals surface area contributed by atoms with Crippen molar-refractivity contribution in [2.75, 3.05) is 5.32 Å². The molecule has 10 heteroatoms. The van der Waals surface area contributed by atoms with Crippen molar-refractivity contribution in [2.24, 2.45) is 0 Å². The van der Waals surface area contributed by atoms with Crippen LogP contribution in [0.2, 0.25) is 5.02 Å². The minimum atomic E-state index is -0.450. The van der Waals surface area contributed by atoms with E-state index in [2.05, 4.69) is 45.6 Å². The highest BCUT2D eigenvalue weighted by Crippen LogP contribution is 2.37. The fourth-order valence-corrected chi connectivity index (χ4v) is 5.39. The van der Waals surface area contributed by atoms with Crippen molar-refractivity contribution < 1.29 is 14.5 Å². The summed E-state index contributed by atoms with van der Waals surface area (Å²) in [5, 5.41) is 17.5. The molecule has 1 amide bonds. The van der Waals surface area contributed by atoms with Crippen molar-refractivity contribution in [1.29, 1.82) is 0 Å². The summed E-state index contributed by atoms with van der Waals surface area (Å²) in [7, 11) is 0. The molecule has 1 aliphatic heterocycles. The molecule has 4 rings (SSSR count). The number of hydrogen-bond donors (Lipinski definition) is 2.